The number of nitrogens with zero attached hydrogens (tertiary/aromatic N) is 3. The quantitative estimate of drug-likeness (QED) is 0.821. The molecule has 1 saturated heterocycles. The lowest BCUT2D eigenvalue weighted by Gasteiger charge is -2.35. The average Bonchev–Trinajstić information content (AvgIpc) is 2.80. The fourth-order valence-electron chi connectivity index (χ4n) is 2.52. The summed E-state index contributed by atoms with van der Waals surface area (Å²) in [5.41, 5.74) is 1.13. The molecule has 1 N–H and O–H groups in total. The number of hydrogen-bond acceptors (Lipinski definition) is 4. The molecule has 0 bridgehead atoms. The van der Waals surface area contributed by atoms with E-state index in [4.69, 9.17) is 4.74 Å². The number of ether oxygens (including phenoxy) is 1. The zero-order valence-corrected chi connectivity index (χ0v) is 12.3. The van der Waals surface area contributed by atoms with Gasteiger partial charge in [0.05, 0.1) is 18.4 Å². The molecule has 0 aliphatic carbocycles. The fraction of sp³-hybridized carbons (Fsp3) is 0.786. The number of rotatable bonds is 6. The second kappa shape index (κ2) is 7.03. The highest BCUT2D eigenvalue weighted by Gasteiger charge is 2.27. The highest BCUT2D eigenvalue weighted by Crippen LogP contribution is 2.12. The van der Waals surface area contributed by atoms with Crippen molar-refractivity contribution < 1.29 is 4.74 Å². The van der Waals surface area contributed by atoms with Crippen molar-refractivity contribution in [3.8, 4) is 0 Å². The van der Waals surface area contributed by atoms with Crippen LogP contribution in [0, 0.1) is 0 Å². The number of nitrogens with one attached hydrogen (secondary N) is 1. The van der Waals surface area contributed by atoms with Crippen molar-refractivity contribution >= 4 is 0 Å². The van der Waals surface area contributed by atoms with Crippen LogP contribution in [0.25, 0.3) is 0 Å². The van der Waals surface area contributed by atoms with Gasteiger partial charge in [0.1, 0.15) is 0 Å². The van der Waals surface area contributed by atoms with Crippen molar-refractivity contribution in [1.29, 1.82) is 0 Å². The maximum atomic E-state index is 5.95. The summed E-state index contributed by atoms with van der Waals surface area (Å²) in [6.07, 6.45) is 4.33. The van der Waals surface area contributed by atoms with Crippen molar-refractivity contribution in [1.82, 2.24) is 20.0 Å². The molecule has 0 aromatic carbocycles. The summed E-state index contributed by atoms with van der Waals surface area (Å²) in [7, 11) is 4.12. The summed E-state index contributed by atoms with van der Waals surface area (Å²) in [5.74, 6) is 0. The van der Waals surface area contributed by atoms with Crippen LogP contribution in [-0.4, -0.2) is 60.1 Å². The first-order valence-corrected chi connectivity index (χ1v) is 7.21. The van der Waals surface area contributed by atoms with Crippen molar-refractivity contribution in [3.63, 3.8) is 0 Å². The van der Waals surface area contributed by atoms with E-state index < -0.39 is 0 Å². The van der Waals surface area contributed by atoms with Crippen LogP contribution in [0.4, 0.5) is 0 Å². The SMILES string of the molecule is CCCNC(Cc1ccn(C)n1)C1CN(C)CCO1. The average molecular weight is 266 g/mol. The molecule has 1 aliphatic rings. The maximum absolute atomic E-state index is 5.95. The molecule has 1 aromatic rings. The molecule has 5 nitrogen and oxygen atoms in total. The van der Waals surface area contributed by atoms with Gasteiger partial charge in [-0.15, -0.1) is 0 Å². The summed E-state index contributed by atoms with van der Waals surface area (Å²) in [5, 5.41) is 8.10. The predicted molar refractivity (Wildman–Crippen MR) is 76.2 cm³/mol. The molecular formula is C14H26N4O. The van der Waals surface area contributed by atoms with Gasteiger partial charge in [-0.2, -0.15) is 5.10 Å². The van der Waals surface area contributed by atoms with E-state index in [1.165, 1.54) is 0 Å². The number of aromatic nitrogens is 2. The molecule has 108 valence electrons. The van der Waals surface area contributed by atoms with Gasteiger partial charge in [0.15, 0.2) is 0 Å². The summed E-state index contributed by atoms with van der Waals surface area (Å²) in [4.78, 5) is 2.34. The number of hydrogen-bond donors (Lipinski definition) is 1. The Kier molecular flexibility index (Phi) is 5.36. The molecule has 1 aliphatic heterocycles. The minimum atomic E-state index is 0.257. The van der Waals surface area contributed by atoms with Gasteiger partial charge in [-0.05, 0) is 26.1 Å². The first kappa shape index (κ1) is 14.5. The lowest BCUT2D eigenvalue weighted by Crippen LogP contribution is -2.52. The molecule has 2 unspecified atom stereocenters. The lowest BCUT2D eigenvalue weighted by molar-refractivity contribution is -0.0385. The molecule has 0 amide bonds. The summed E-state index contributed by atoms with van der Waals surface area (Å²) < 4.78 is 7.81. The van der Waals surface area contributed by atoms with E-state index in [-0.39, 0.29) is 6.10 Å². The smallest absolute Gasteiger partial charge is 0.0858 e. The van der Waals surface area contributed by atoms with Crippen LogP contribution < -0.4 is 5.32 Å². The standard InChI is InChI=1S/C14H26N4O/c1-4-6-15-13(10-12-5-7-18(3)16-12)14-11-17(2)8-9-19-14/h5,7,13-15H,4,6,8-11H2,1-3H3. The van der Waals surface area contributed by atoms with E-state index >= 15 is 0 Å². The molecule has 1 aromatic heterocycles. The van der Waals surface area contributed by atoms with Gasteiger partial charge in [0.2, 0.25) is 0 Å². The van der Waals surface area contributed by atoms with Gasteiger partial charge in [0.25, 0.3) is 0 Å². The monoisotopic (exact) mass is 266 g/mol. The Morgan fingerprint density at radius 1 is 1.53 bits per heavy atom. The Morgan fingerprint density at radius 3 is 3.00 bits per heavy atom. The Bertz CT molecular complexity index is 379. The molecule has 5 heteroatoms. The van der Waals surface area contributed by atoms with Crippen LogP contribution in [0.15, 0.2) is 12.3 Å². The normalized spacial score (nSPS) is 22.6. The van der Waals surface area contributed by atoms with E-state index in [0.29, 0.717) is 6.04 Å². The van der Waals surface area contributed by atoms with Crippen LogP contribution in [0.1, 0.15) is 19.0 Å². The van der Waals surface area contributed by atoms with Crippen molar-refractivity contribution in [2.24, 2.45) is 7.05 Å². The highest BCUT2D eigenvalue weighted by molar-refractivity contribution is 5.03. The minimum Gasteiger partial charge on any atom is -0.374 e. The molecule has 2 rings (SSSR count). The molecule has 0 saturated carbocycles. The van der Waals surface area contributed by atoms with E-state index in [9.17, 15) is 0 Å². The Morgan fingerprint density at radius 2 is 2.37 bits per heavy atom. The molecule has 19 heavy (non-hydrogen) atoms. The summed E-state index contributed by atoms with van der Waals surface area (Å²) >= 11 is 0. The number of likely N-dealkylation sites (N-methyl/N-ethyl adjacent to an activating group) is 1. The Hall–Kier alpha value is -0.910. The lowest BCUT2D eigenvalue weighted by atomic mass is 10.0. The van der Waals surface area contributed by atoms with Crippen molar-refractivity contribution in [2.75, 3.05) is 33.3 Å². The van der Waals surface area contributed by atoms with Gasteiger partial charge in [-0.3, -0.25) is 4.68 Å². The van der Waals surface area contributed by atoms with Gasteiger partial charge < -0.3 is 15.0 Å². The van der Waals surface area contributed by atoms with E-state index in [1.807, 2.05) is 17.9 Å². The van der Waals surface area contributed by atoms with Crippen LogP contribution in [0.2, 0.25) is 0 Å². The summed E-state index contributed by atoms with van der Waals surface area (Å²) in [6.45, 7) is 6.07. The maximum Gasteiger partial charge on any atom is 0.0858 e. The third kappa shape index (κ3) is 4.30. The van der Waals surface area contributed by atoms with Crippen LogP contribution in [0.3, 0.4) is 0 Å². The molecule has 0 spiro atoms. The van der Waals surface area contributed by atoms with Gasteiger partial charge in [0, 0.05) is 38.8 Å². The first-order valence-electron chi connectivity index (χ1n) is 7.21. The van der Waals surface area contributed by atoms with E-state index in [1.54, 1.807) is 0 Å². The molecule has 0 radical (unpaired) electrons. The molecule has 1 fully saturated rings. The zero-order valence-electron chi connectivity index (χ0n) is 12.3. The minimum absolute atomic E-state index is 0.257. The predicted octanol–water partition coefficient (Wildman–Crippen LogP) is 0.661. The third-order valence-electron chi connectivity index (χ3n) is 3.60. The number of aryl methyl sites for hydroxylation is 1. The van der Waals surface area contributed by atoms with Gasteiger partial charge in [-0.25, -0.2) is 0 Å². The zero-order chi connectivity index (χ0) is 13.7. The molecule has 2 atom stereocenters. The third-order valence-corrected chi connectivity index (χ3v) is 3.60. The van der Waals surface area contributed by atoms with Crippen molar-refractivity contribution in [2.45, 2.75) is 31.9 Å². The molecular weight excluding hydrogens is 240 g/mol. The fourth-order valence-corrected chi connectivity index (χ4v) is 2.52. The summed E-state index contributed by atoms with van der Waals surface area (Å²) in [6, 6.07) is 2.44. The highest BCUT2D eigenvalue weighted by atomic mass is 16.5. The molecule has 2 heterocycles. The first-order chi connectivity index (χ1) is 9.19. The topological polar surface area (TPSA) is 42.3 Å². The van der Waals surface area contributed by atoms with E-state index in [2.05, 4.69) is 35.4 Å². The van der Waals surface area contributed by atoms with Gasteiger partial charge >= 0.3 is 0 Å². The van der Waals surface area contributed by atoms with E-state index in [0.717, 1.165) is 44.8 Å². The Balaban J connectivity index is 1.97. The Labute approximate surface area is 115 Å². The number of morpholine rings is 1. The van der Waals surface area contributed by atoms with Crippen LogP contribution >= 0.6 is 0 Å². The van der Waals surface area contributed by atoms with Crippen LogP contribution in [-0.2, 0) is 18.2 Å². The second-order valence-corrected chi connectivity index (χ2v) is 5.42. The van der Waals surface area contributed by atoms with Crippen molar-refractivity contribution in [3.05, 3.63) is 18.0 Å². The van der Waals surface area contributed by atoms with Crippen LogP contribution in [0.5, 0.6) is 0 Å². The van der Waals surface area contributed by atoms with Gasteiger partial charge in [-0.1, -0.05) is 6.92 Å². The largest absolute Gasteiger partial charge is 0.374 e. The second-order valence-electron chi connectivity index (χ2n) is 5.42.